The molecular weight excluding hydrogens is 350 g/mol. The lowest BCUT2D eigenvalue weighted by Gasteiger charge is -2.15. The van der Waals surface area contributed by atoms with Gasteiger partial charge in [0.2, 0.25) is 0 Å². The van der Waals surface area contributed by atoms with Crippen molar-refractivity contribution in [1.82, 2.24) is 0 Å². The number of amides is 1. The van der Waals surface area contributed by atoms with Crippen molar-refractivity contribution in [2.24, 2.45) is 0 Å². The average molecular weight is 357 g/mol. The fourth-order valence-corrected chi connectivity index (χ4v) is 3.66. The predicted octanol–water partition coefficient (Wildman–Crippen LogP) is 3.89. The fraction of sp³-hybridized carbons (Fsp3) is 0.0769. The normalized spacial score (nSPS) is 14.1. The van der Waals surface area contributed by atoms with E-state index >= 15 is 0 Å². The number of carbonyl (C=O) groups is 2. The van der Waals surface area contributed by atoms with Crippen LogP contribution in [0.15, 0.2) is 34.8 Å². The van der Waals surface area contributed by atoms with Gasteiger partial charge in [0.05, 0.1) is 22.1 Å². The molecular formula is C13H7BrClNO2S. The van der Waals surface area contributed by atoms with Crippen molar-refractivity contribution in [2.45, 2.75) is 6.54 Å². The molecule has 0 saturated heterocycles. The number of benzene rings is 1. The third-order valence-electron chi connectivity index (χ3n) is 2.89. The van der Waals surface area contributed by atoms with Crippen LogP contribution in [-0.4, -0.2) is 11.7 Å². The highest BCUT2D eigenvalue weighted by atomic mass is 79.9. The molecule has 0 fully saturated rings. The van der Waals surface area contributed by atoms with Gasteiger partial charge in [0.25, 0.3) is 11.7 Å². The topological polar surface area (TPSA) is 37.4 Å². The van der Waals surface area contributed by atoms with Crippen molar-refractivity contribution in [3.63, 3.8) is 0 Å². The van der Waals surface area contributed by atoms with E-state index in [-0.39, 0.29) is 0 Å². The Morgan fingerprint density at radius 2 is 2.00 bits per heavy atom. The summed E-state index contributed by atoms with van der Waals surface area (Å²) in [4.78, 5) is 26.5. The zero-order valence-corrected chi connectivity index (χ0v) is 12.7. The molecule has 0 unspecified atom stereocenters. The smallest absolute Gasteiger partial charge is 0.299 e. The van der Waals surface area contributed by atoms with Gasteiger partial charge in [0, 0.05) is 9.35 Å². The summed E-state index contributed by atoms with van der Waals surface area (Å²) in [6.45, 7) is 0.366. The minimum Gasteiger partial charge on any atom is -0.299 e. The molecule has 0 saturated carbocycles. The first-order valence-corrected chi connectivity index (χ1v) is 7.45. The van der Waals surface area contributed by atoms with Crippen LogP contribution in [0.4, 0.5) is 5.69 Å². The van der Waals surface area contributed by atoms with Gasteiger partial charge in [-0.25, -0.2) is 0 Å². The Labute approximate surface area is 126 Å². The molecule has 2 aromatic rings. The zero-order chi connectivity index (χ0) is 13.6. The highest BCUT2D eigenvalue weighted by molar-refractivity contribution is 9.10. The van der Waals surface area contributed by atoms with E-state index in [1.54, 1.807) is 18.2 Å². The van der Waals surface area contributed by atoms with E-state index in [2.05, 4.69) is 15.9 Å². The number of rotatable bonds is 2. The van der Waals surface area contributed by atoms with Gasteiger partial charge in [-0.15, -0.1) is 11.3 Å². The number of hydrogen-bond donors (Lipinski definition) is 0. The van der Waals surface area contributed by atoms with E-state index in [1.165, 1.54) is 16.2 Å². The molecule has 96 valence electrons. The van der Waals surface area contributed by atoms with Gasteiger partial charge >= 0.3 is 0 Å². The Balaban J connectivity index is 2.02. The molecule has 0 aliphatic carbocycles. The van der Waals surface area contributed by atoms with Crippen molar-refractivity contribution < 1.29 is 9.59 Å². The van der Waals surface area contributed by atoms with Crippen LogP contribution < -0.4 is 4.90 Å². The number of hydrogen-bond acceptors (Lipinski definition) is 3. The second-order valence-corrected chi connectivity index (χ2v) is 6.71. The van der Waals surface area contributed by atoms with Gasteiger partial charge in [0.1, 0.15) is 0 Å². The fourth-order valence-electron chi connectivity index (χ4n) is 2.05. The first-order chi connectivity index (χ1) is 9.08. The van der Waals surface area contributed by atoms with E-state index in [0.717, 1.165) is 4.88 Å². The predicted molar refractivity (Wildman–Crippen MR) is 79.0 cm³/mol. The van der Waals surface area contributed by atoms with Crippen molar-refractivity contribution in [3.05, 3.63) is 49.6 Å². The van der Waals surface area contributed by atoms with Crippen LogP contribution in [0.3, 0.4) is 0 Å². The Hall–Kier alpha value is -1.17. The van der Waals surface area contributed by atoms with Gasteiger partial charge in [-0.3, -0.25) is 14.5 Å². The molecule has 1 amide bonds. The van der Waals surface area contributed by atoms with Crippen LogP contribution in [0.5, 0.6) is 0 Å². The molecule has 3 rings (SSSR count). The van der Waals surface area contributed by atoms with Crippen LogP contribution >= 0.6 is 38.9 Å². The largest absolute Gasteiger partial charge is 0.299 e. The lowest BCUT2D eigenvalue weighted by atomic mass is 10.1. The van der Waals surface area contributed by atoms with Crippen molar-refractivity contribution >= 4 is 56.2 Å². The second-order valence-electron chi connectivity index (χ2n) is 4.06. The van der Waals surface area contributed by atoms with Crippen LogP contribution in [0, 0.1) is 0 Å². The van der Waals surface area contributed by atoms with E-state index in [1.807, 2.05) is 12.1 Å². The summed E-state index contributed by atoms with van der Waals surface area (Å²) in [7, 11) is 0. The SMILES string of the molecule is O=C1C(=O)N(Cc2ccc(Cl)s2)c2cccc(Br)c21. The standard InChI is InChI=1S/C13H7BrClNO2S/c14-8-2-1-3-9-11(8)12(17)13(18)16(9)6-7-4-5-10(15)19-7/h1-5H,6H2. The molecule has 3 nitrogen and oxygen atoms in total. The maximum Gasteiger partial charge on any atom is 0.299 e. The first kappa shape index (κ1) is 12.8. The lowest BCUT2D eigenvalue weighted by Crippen LogP contribution is -2.28. The minimum atomic E-state index is -0.494. The number of thiophene rings is 1. The summed E-state index contributed by atoms with van der Waals surface area (Å²) >= 11 is 10.6. The highest BCUT2D eigenvalue weighted by Crippen LogP contribution is 2.36. The van der Waals surface area contributed by atoms with Crippen LogP contribution in [-0.2, 0) is 11.3 Å². The van der Waals surface area contributed by atoms with E-state index in [4.69, 9.17) is 11.6 Å². The molecule has 0 spiro atoms. The monoisotopic (exact) mass is 355 g/mol. The summed E-state index contributed by atoms with van der Waals surface area (Å²) in [5.41, 5.74) is 1.09. The highest BCUT2D eigenvalue weighted by Gasteiger charge is 2.37. The van der Waals surface area contributed by atoms with Crippen LogP contribution in [0.2, 0.25) is 4.34 Å². The third kappa shape index (κ3) is 2.12. The molecule has 1 aliphatic rings. The van der Waals surface area contributed by atoms with Crippen LogP contribution in [0.1, 0.15) is 15.2 Å². The molecule has 6 heteroatoms. The minimum absolute atomic E-state index is 0.366. The summed E-state index contributed by atoms with van der Waals surface area (Å²) in [6.07, 6.45) is 0. The van der Waals surface area contributed by atoms with Gasteiger partial charge in [0.15, 0.2) is 0 Å². The molecule has 0 bridgehead atoms. The van der Waals surface area contributed by atoms with Gasteiger partial charge in [-0.2, -0.15) is 0 Å². The number of carbonyl (C=O) groups excluding carboxylic acids is 2. The quantitative estimate of drug-likeness (QED) is 0.766. The second kappa shape index (κ2) is 4.74. The van der Waals surface area contributed by atoms with E-state index in [9.17, 15) is 9.59 Å². The number of ketones is 1. The van der Waals surface area contributed by atoms with Gasteiger partial charge in [-0.1, -0.05) is 17.7 Å². The number of fused-ring (bicyclic) bond motifs is 1. The molecule has 0 N–H and O–H groups in total. The Kier molecular flexibility index (Phi) is 3.20. The van der Waals surface area contributed by atoms with Crippen molar-refractivity contribution in [2.75, 3.05) is 4.90 Å². The number of Topliss-reactive ketones (excluding diaryl/α,β-unsaturated/α-hetero) is 1. The lowest BCUT2D eigenvalue weighted by molar-refractivity contribution is -0.114. The van der Waals surface area contributed by atoms with Gasteiger partial charge < -0.3 is 0 Å². The molecule has 0 radical (unpaired) electrons. The van der Waals surface area contributed by atoms with E-state index in [0.29, 0.717) is 26.6 Å². The number of anilines is 1. The number of halogens is 2. The summed E-state index contributed by atoms with van der Waals surface area (Å²) in [6, 6.07) is 8.99. The van der Waals surface area contributed by atoms with Crippen LogP contribution in [0.25, 0.3) is 0 Å². The van der Waals surface area contributed by atoms with Crippen molar-refractivity contribution in [3.8, 4) is 0 Å². The van der Waals surface area contributed by atoms with Crippen molar-refractivity contribution in [1.29, 1.82) is 0 Å². The maximum atomic E-state index is 12.1. The molecule has 1 aliphatic heterocycles. The Morgan fingerprint density at radius 1 is 1.21 bits per heavy atom. The molecule has 1 aromatic heterocycles. The zero-order valence-electron chi connectivity index (χ0n) is 9.52. The summed E-state index contributed by atoms with van der Waals surface area (Å²) in [5, 5.41) is 0. The molecule has 19 heavy (non-hydrogen) atoms. The number of nitrogens with zero attached hydrogens (tertiary/aromatic N) is 1. The average Bonchev–Trinajstić information content (AvgIpc) is 2.88. The molecule has 1 aromatic carbocycles. The molecule has 0 atom stereocenters. The van der Waals surface area contributed by atoms with E-state index < -0.39 is 11.7 Å². The van der Waals surface area contributed by atoms with Gasteiger partial charge in [-0.05, 0) is 40.2 Å². The third-order valence-corrected chi connectivity index (χ3v) is 4.77. The Morgan fingerprint density at radius 3 is 2.68 bits per heavy atom. The first-order valence-electron chi connectivity index (χ1n) is 5.47. The maximum absolute atomic E-state index is 12.1. The molecule has 2 heterocycles. The summed E-state index contributed by atoms with van der Waals surface area (Å²) < 4.78 is 1.32. The summed E-state index contributed by atoms with van der Waals surface area (Å²) in [5.74, 6) is -0.962. The Bertz CT molecular complexity index is 698.